The minimum Gasteiger partial charge on any atom is -0.386 e. The van der Waals surface area contributed by atoms with Crippen molar-refractivity contribution in [3.63, 3.8) is 0 Å². The highest BCUT2D eigenvalue weighted by Crippen LogP contribution is 2.50. The van der Waals surface area contributed by atoms with Crippen LogP contribution in [0.4, 0.5) is 37.7 Å². The number of anilines is 2. The summed E-state index contributed by atoms with van der Waals surface area (Å²) in [5.74, 6) is -4.52. The molecule has 2 aliphatic rings. The standard InChI is InChI=1S/C33H28F6N8O2/c34-22-4-8-26-25(15-22)30-42-43-44-47(30)19-31(26,49)33(38,39)29-10-3-21(17-41-29)20-1-5-23(6-2-20)45-11-13-46(14-12-45)24-7-9-27(40-18-24)28(48)16-32(35,36)37/h1-10,15,17-18,28,48-49H,11-14,16,19H2/t28?,31-/m0/s1. The molecule has 0 radical (unpaired) electrons. The van der Waals surface area contributed by atoms with E-state index in [1.165, 1.54) is 24.5 Å². The third-order valence-corrected chi connectivity index (χ3v) is 8.93. The van der Waals surface area contributed by atoms with Gasteiger partial charge in [0.15, 0.2) is 11.4 Å². The Hall–Kier alpha value is -5.09. The van der Waals surface area contributed by atoms with Gasteiger partial charge < -0.3 is 20.0 Å². The fraction of sp³-hybridized carbons (Fsp3) is 0.303. The highest BCUT2D eigenvalue weighted by Gasteiger charge is 2.59. The van der Waals surface area contributed by atoms with Crippen molar-refractivity contribution in [1.29, 1.82) is 0 Å². The number of hydrogen-bond donors (Lipinski definition) is 2. The Kier molecular flexibility index (Phi) is 8.02. The molecule has 16 heteroatoms. The van der Waals surface area contributed by atoms with Crippen LogP contribution in [-0.2, 0) is 18.1 Å². The zero-order valence-electron chi connectivity index (χ0n) is 25.6. The van der Waals surface area contributed by atoms with E-state index in [1.54, 1.807) is 6.07 Å². The molecule has 7 rings (SSSR count). The van der Waals surface area contributed by atoms with Crippen molar-refractivity contribution in [3.8, 4) is 22.5 Å². The number of aliphatic hydroxyl groups is 2. The average Bonchev–Trinajstić information content (AvgIpc) is 3.56. The number of tetrazole rings is 1. The van der Waals surface area contributed by atoms with Crippen LogP contribution >= 0.6 is 0 Å². The zero-order chi connectivity index (χ0) is 34.6. The van der Waals surface area contributed by atoms with Gasteiger partial charge in [0.25, 0.3) is 0 Å². The Morgan fingerprint density at radius 3 is 2.10 bits per heavy atom. The first-order valence-corrected chi connectivity index (χ1v) is 15.3. The lowest BCUT2D eigenvalue weighted by Gasteiger charge is -2.39. The maximum absolute atomic E-state index is 16.1. The lowest BCUT2D eigenvalue weighted by Crippen LogP contribution is -2.49. The molecule has 1 unspecified atom stereocenters. The summed E-state index contributed by atoms with van der Waals surface area (Å²) in [6.07, 6.45) is -4.79. The molecule has 2 aliphatic heterocycles. The molecule has 1 fully saturated rings. The molecule has 3 aromatic heterocycles. The molecule has 0 saturated carbocycles. The Bertz CT molecular complexity index is 1950. The Balaban J connectivity index is 1.01. The highest BCUT2D eigenvalue weighted by molar-refractivity contribution is 5.67. The lowest BCUT2D eigenvalue weighted by atomic mass is 9.80. The van der Waals surface area contributed by atoms with Crippen molar-refractivity contribution in [1.82, 2.24) is 30.2 Å². The minimum absolute atomic E-state index is 0.0347. The van der Waals surface area contributed by atoms with Crippen molar-refractivity contribution < 1.29 is 36.6 Å². The monoisotopic (exact) mass is 682 g/mol. The summed E-state index contributed by atoms with van der Waals surface area (Å²) < 4.78 is 85.0. The van der Waals surface area contributed by atoms with Crippen LogP contribution in [0.15, 0.2) is 79.1 Å². The van der Waals surface area contributed by atoms with Crippen LogP contribution in [0.1, 0.15) is 29.5 Å². The average molecular weight is 683 g/mol. The molecule has 2 N–H and O–H groups in total. The summed E-state index contributed by atoms with van der Waals surface area (Å²) in [6, 6.07) is 16.3. The molecule has 49 heavy (non-hydrogen) atoms. The Morgan fingerprint density at radius 2 is 1.47 bits per heavy atom. The summed E-state index contributed by atoms with van der Waals surface area (Å²) in [4.78, 5) is 12.3. The van der Waals surface area contributed by atoms with Gasteiger partial charge >= 0.3 is 12.1 Å². The van der Waals surface area contributed by atoms with Gasteiger partial charge in [0.1, 0.15) is 17.6 Å². The van der Waals surface area contributed by atoms with Gasteiger partial charge in [-0.25, -0.2) is 9.07 Å². The second-order valence-electron chi connectivity index (χ2n) is 12.0. The van der Waals surface area contributed by atoms with E-state index >= 15 is 8.78 Å². The van der Waals surface area contributed by atoms with E-state index in [4.69, 9.17) is 0 Å². The number of rotatable bonds is 7. The van der Waals surface area contributed by atoms with E-state index in [1.807, 2.05) is 24.3 Å². The van der Waals surface area contributed by atoms with Crippen LogP contribution in [0.5, 0.6) is 0 Å². The number of aromatic nitrogens is 6. The lowest BCUT2D eigenvalue weighted by molar-refractivity contribution is -0.207. The number of halogens is 6. The van der Waals surface area contributed by atoms with Crippen molar-refractivity contribution >= 4 is 11.4 Å². The van der Waals surface area contributed by atoms with Gasteiger partial charge in [-0.15, -0.1) is 5.10 Å². The van der Waals surface area contributed by atoms with E-state index in [2.05, 4.69) is 35.3 Å². The molecule has 0 aliphatic carbocycles. The predicted molar refractivity (Wildman–Crippen MR) is 165 cm³/mol. The SMILES string of the molecule is OC(CC(F)(F)F)c1ccc(N2CCN(c3ccc(-c4ccc(C(F)(F)[C@]5(O)Cn6nnnc6-c6cc(F)ccc65)nc4)cc3)CC2)cn1. The second-order valence-corrected chi connectivity index (χ2v) is 12.0. The first-order valence-electron chi connectivity index (χ1n) is 15.3. The highest BCUT2D eigenvalue weighted by atomic mass is 19.4. The maximum atomic E-state index is 16.1. The van der Waals surface area contributed by atoms with Gasteiger partial charge in [0.2, 0.25) is 0 Å². The van der Waals surface area contributed by atoms with Crippen molar-refractivity contribution in [2.75, 3.05) is 36.0 Å². The molecule has 10 nitrogen and oxygen atoms in total. The number of alkyl halides is 5. The number of pyridine rings is 2. The van der Waals surface area contributed by atoms with Gasteiger partial charge in [-0.05, 0) is 58.5 Å². The van der Waals surface area contributed by atoms with Gasteiger partial charge in [0.05, 0.1) is 30.5 Å². The summed E-state index contributed by atoms with van der Waals surface area (Å²) in [5, 5.41) is 32.3. The molecular formula is C33H28F6N8O2. The van der Waals surface area contributed by atoms with E-state index in [-0.39, 0.29) is 22.6 Å². The minimum atomic E-state index is -4.49. The summed E-state index contributed by atoms with van der Waals surface area (Å²) in [7, 11) is 0. The third-order valence-electron chi connectivity index (χ3n) is 8.93. The topological polar surface area (TPSA) is 116 Å². The first kappa shape index (κ1) is 32.5. The van der Waals surface area contributed by atoms with Crippen LogP contribution in [0.2, 0.25) is 0 Å². The molecule has 1 saturated heterocycles. The van der Waals surface area contributed by atoms with Crippen molar-refractivity contribution in [3.05, 3.63) is 102 Å². The summed E-state index contributed by atoms with van der Waals surface area (Å²) >= 11 is 0. The smallest absolute Gasteiger partial charge is 0.386 e. The third kappa shape index (κ3) is 6.05. The number of nitrogens with zero attached hydrogens (tertiary/aromatic N) is 8. The maximum Gasteiger partial charge on any atom is 0.391 e. The van der Waals surface area contributed by atoms with E-state index in [0.717, 1.165) is 45.9 Å². The number of hydrogen-bond acceptors (Lipinski definition) is 9. The van der Waals surface area contributed by atoms with E-state index in [0.29, 0.717) is 31.7 Å². The van der Waals surface area contributed by atoms with Crippen molar-refractivity contribution in [2.24, 2.45) is 0 Å². The summed E-state index contributed by atoms with van der Waals surface area (Å²) in [6.45, 7) is 1.92. The molecule has 5 heterocycles. The number of fused-ring (bicyclic) bond motifs is 3. The number of benzene rings is 2. The van der Waals surface area contributed by atoms with E-state index in [9.17, 15) is 27.8 Å². The fourth-order valence-electron chi connectivity index (χ4n) is 6.29. The van der Waals surface area contributed by atoms with Gasteiger partial charge in [0, 0.05) is 54.8 Å². The molecule has 0 bridgehead atoms. The largest absolute Gasteiger partial charge is 0.391 e. The molecule has 2 atom stereocenters. The zero-order valence-corrected chi connectivity index (χ0v) is 25.6. The van der Waals surface area contributed by atoms with Crippen LogP contribution in [-0.4, -0.2) is 72.7 Å². The predicted octanol–water partition coefficient (Wildman–Crippen LogP) is 5.24. The first-order chi connectivity index (χ1) is 23.3. The number of piperazine rings is 1. The van der Waals surface area contributed by atoms with E-state index < -0.39 is 48.3 Å². The summed E-state index contributed by atoms with van der Waals surface area (Å²) in [5.41, 5.74) is -0.767. The van der Waals surface area contributed by atoms with Crippen molar-refractivity contribution in [2.45, 2.75) is 36.8 Å². The molecule has 0 amide bonds. The molecule has 5 aromatic rings. The van der Waals surface area contributed by atoms with Gasteiger partial charge in [-0.1, -0.05) is 24.3 Å². The normalized spacial score (nSPS) is 18.6. The van der Waals surface area contributed by atoms with Crippen LogP contribution < -0.4 is 9.80 Å². The van der Waals surface area contributed by atoms with Crippen LogP contribution in [0.25, 0.3) is 22.5 Å². The molecule has 0 spiro atoms. The fourth-order valence-corrected chi connectivity index (χ4v) is 6.29. The molecule has 2 aromatic carbocycles. The van der Waals surface area contributed by atoms with Crippen LogP contribution in [0, 0.1) is 5.82 Å². The van der Waals surface area contributed by atoms with Gasteiger partial charge in [-0.3, -0.25) is 9.97 Å². The Morgan fingerprint density at radius 1 is 0.796 bits per heavy atom. The van der Waals surface area contributed by atoms with Crippen LogP contribution in [0.3, 0.4) is 0 Å². The Labute approximate surface area is 275 Å². The number of aliphatic hydroxyl groups excluding tert-OH is 1. The quantitative estimate of drug-likeness (QED) is 0.223. The van der Waals surface area contributed by atoms with Gasteiger partial charge in [-0.2, -0.15) is 22.0 Å². The molecule has 254 valence electrons. The second kappa shape index (κ2) is 12.1. The molecular weight excluding hydrogens is 654 g/mol.